The highest BCUT2D eigenvalue weighted by atomic mass is 16.1. The quantitative estimate of drug-likeness (QED) is 0.810. The summed E-state index contributed by atoms with van der Waals surface area (Å²) in [5, 5.41) is 7.67. The smallest absolute Gasteiger partial charge is 0.222 e. The van der Waals surface area contributed by atoms with Gasteiger partial charge in [-0.2, -0.15) is 0 Å². The Balaban J connectivity index is 0.00000136. The van der Waals surface area contributed by atoms with Gasteiger partial charge in [-0.3, -0.25) is 14.6 Å². The number of hydrogen-bond acceptors (Lipinski definition) is 5. The first kappa shape index (κ1) is 21.3. The Morgan fingerprint density at radius 3 is 2.46 bits per heavy atom. The number of carbonyl (C=O) groups excluding carboxylic acids is 2. The zero-order valence-electron chi connectivity index (χ0n) is 17.2. The van der Waals surface area contributed by atoms with E-state index in [0.717, 1.165) is 34.0 Å². The summed E-state index contributed by atoms with van der Waals surface area (Å²) in [6.07, 6.45) is 8.72. The van der Waals surface area contributed by atoms with Crippen molar-refractivity contribution in [3.8, 4) is 0 Å². The Labute approximate surface area is 166 Å². The van der Waals surface area contributed by atoms with E-state index in [4.69, 9.17) is 0 Å². The Kier molecular flexibility index (Phi) is 7.44. The molecule has 1 unspecified atom stereocenters. The monoisotopic (exact) mass is 380 g/mol. The number of nitrogens with one attached hydrogen (secondary N) is 2. The number of fused-ring (bicyclic) bond motifs is 1. The standard InChI is InChI=1S/C20H22N4O2.C2H6/c1-4-5-19(26)18-6-12(2)16(11-22-18)17-7-14-10-23-20(24-13(3)25)8-15(14)9-21-17;1-2/h6-11,18,22H,4-5H2,1-3H3,(H,23,24,25);1-2H3. The van der Waals surface area contributed by atoms with E-state index in [1.54, 1.807) is 18.5 Å². The van der Waals surface area contributed by atoms with Crippen molar-refractivity contribution in [3.63, 3.8) is 0 Å². The fraction of sp³-hybridized carbons (Fsp3) is 0.364. The fourth-order valence-corrected chi connectivity index (χ4v) is 2.97. The van der Waals surface area contributed by atoms with E-state index >= 15 is 0 Å². The van der Waals surface area contributed by atoms with Crippen LogP contribution in [0, 0.1) is 0 Å². The largest absolute Gasteiger partial charge is 0.378 e. The number of hydrogen-bond donors (Lipinski definition) is 2. The molecule has 0 fully saturated rings. The van der Waals surface area contributed by atoms with Crippen LogP contribution < -0.4 is 10.6 Å². The second-order valence-corrected chi connectivity index (χ2v) is 6.44. The summed E-state index contributed by atoms with van der Waals surface area (Å²) in [6.45, 7) is 9.44. The van der Waals surface area contributed by atoms with Crippen molar-refractivity contribution in [1.29, 1.82) is 0 Å². The number of aromatic nitrogens is 2. The van der Waals surface area contributed by atoms with Crippen LogP contribution >= 0.6 is 0 Å². The lowest BCUT2D eigenvalue weighted by Crippen LogP contribution is -2.34. The summed E-state index contributed by atoms with van der Waals surface area (Å²) < 4.78 is 0. The summed E-state index contributed by atoms with van der Waals surface area (Å²) >= 11 is 0. The molecule has 0 aliphatic carbocycles. The molecule has 3 heterocycles. The molecule has 3 rings (SSSR count). The molecule has 28 heavy (non-hydrogen) atoms. The average molecular weight is 380 g/mol. The van der Waals surface area contributed by atoms with Crippen molar-refractivity contribution in [2.24, 2.45) is 0 Å². The first-order valence-corrected chi connectivity index (χ1v) is 9.69. The molecule has 6 nitrogen and oxygen atoms in total. The number of rotatable bonds is 5. The molecule has 1 aliphatic rings. The van der Waals surface area contributed by atoms with E-state index < -0.39 is 0 Å². The Bertz CT molecular complexity index is 931. The Morgan fingerprint density at radius 1 is 1.14 bits per heavy atom. The second-order valence-electron chi connectivity index (χ2n) is 6.44. The molecule has 6 heteroatoms. The van der Waals surface area contributed by atoms with Crippen LogP contribution in [-0.2, 0) is 9.59 Å². The third kappa shape index (κ3) is 5.03. The molecule has 2 aromatic rings. The van der Waals surface area contributed by atoms with Gasteiger partial charge in [-0.25, -0.2) is 4.98 Å². The molecule has 2 N–H and O–H groups in total. The van der Waals surface area contributed by atoms with Crippen LogP contribution in [0.2, 0.25) is 0 Å². The molecule has 0 radical (unpaired) electrons. The molecule has 0 saturated heterocycles. The van der Waals surface area contributed by atoms with Gasteiger partial charge in [0, 0.05) is 48.3 Å². The van der Waals surface area contributed by atoms with Gasteiger partial charge in [0.05, 0.1) is 5.69 Å². The van der Waals surface area contributed by atoms with Gasteiger partial charge in [-0.15, -0.1) is 0 Å². The zero-order chi connectivity index (χ0) is 20.7. The summed E-state index contributed by atoms with van der Waals surface area (Å²) in [5.41, 5.74) is 2.79. The van der Waals surface area contributed by atoms with E-state index in [2.05, 4.69) is 20.6 Å². The third-order valence-corrected chi connectivity index (χ3v) is 4.28. The number of anilines is 1. The van der Waals surface area contributed by atoms with Crippen LogP contribution in [0.25, 0.3) is 16.3 Å². The maximum Gasteiger partial charge on any atom is 0.222 e. The third-order valence-electron chi connectivity index (χ3n) is 4.28. The zero-order valence-corrected chi connectivity index (χ0v) is 17.2. The van der Waals surface area contributed by atoms with E-state index in [9.17, 15) is 9.59 Å². The Morgan fingerprint density at radius 2 is 1.82 bits per heavy atom. The number of ketones is 1. The predicted molar refractivity (Wildman–Crippen MR) is 114 cm³/mol. The summed E-state index contributed by atoms with van der Waals surface area (Å²) in [7, 11) is 0. The SMILES string of the molecule is CC.CCCC(=O)C1C=C(C)C(c2cc3cnc(NC(C)=O)cc3cn2)=CN1. The molecule has 2 aromatic heterocycles. The molecular formula is C22H28N4O2. The minimum absolute atomic E-state index is 0.159. The van der Waals surface area contributed by atoms with Crippen LogP contribution in [0.1, 0.15) is 53.2 Å². The second kappa shape index (κ2) is 9.78. The number of nitrogens with zero attached hydrogens (tertiary/aromatic N) is 2. The van der Waals surface area contributed by atoms with Gasteiger partial charge in [-0.05, 0) is 31.1 Å². The van der Waals surface area contributed by atoms with E-state index in [1.807, 2.05) is 46.0 Å². The maximum absolute atomic E-state index is 12.1. The maximum atomic E-state index is 12.1. The van der Waals surface area contributed by atoms with Crippen LogP contribution in [0.5, 0.6) is 0 Å². The molecule has 1 atom stereocenters. The van der Waals surface area contributed by atoms with Gasteiger partial charge in [0.2, 0.25) is 5.91 Å². The van der Waals surface area contributed by atoms with Crippen LogP contribution in [0.15, 0.2) is 42.4 Å². The number of Topliss-reactive ketones (excluding diaryl/α,β-unsaturated/α-hetero) is 1. The predicted octanol–water partition coefficient (Wildman–Crippen LogP) is 4.24. The number of amides is 1. The normalized spacial score (nSPS) is 15.5. The highest BCUT2D eigenvalue weighted by Crippen LogP contribution is 2.27. The molecule has 0 aromatic carbocycles. The van der Waals surface area contributed by atoms with Crippen molar-refractivity contribution < 1.29 is 9.59 Å². The Hall–Kier alpha value is -3.02. The van der Waals surface area contributed by atoms with Crippen LogP contribution in [0.3, 0.4) is 0 Å². The topological polar surface area (TPSA) is 84.0 Å². The summed E-state index contributed by atoms with van der Waals surface area (Å²) in [6, 6.07) is 3.49. The number of allylic oxidation sites excluding steroid dienone is 2. The van der Waals surface area contributed by atoms with Crippen molar-refractivity contribution in [3.05, 3.63) is 48.1 Å². The molecule has 0 saturated carbocycles. The number of pyridine rings is 2. The first-order chi connectivity index (χ1) is 13.5. The fourth-order valence-electron chi connectivity index (χ4n) is 2.97. The van der Waals surface area contributed by atoms with Crippen molar-refractivity contribution >= 4 is 33.9 Å². The van der Waals surface area contributed by atoms with Crippen LogP contribution in [-0.4, -0.2) is 27.7 Å². The average Bonchev–Trinajstić information content (AvgIpc) is 2.69. The minimum atomic E-state index is -0.263. The summed E-state index contributed by atoms with van der Waals surface area (Å²) in [4.78, 5) is 32.0. The molecule has 1 amide bonds. The molecular weight excluding hydrogens is 352 g/mol. The van der Waals surface area contributed by atoms with Crippen molar-refractivity contribution in [2.75, 3.05) is 5.32 Å². The minimum Gasteiger partial charge on any atom is -0.378 e. The highest BCUT2D eigenvalue weighted by molar-refractivity contribution is 5.93. The lowest BCUT2D eigenvalue weighted by molar-refractivity contribution is -0.119. The summed E-state index contributed by atoms with van der Waals surface area (Å²) in [5.74, 6) is 0.544. The van der Waals surface area contributed by atoms with Gasteiger partial charge in [0.1, 0.15) is 11.9 Å². The highest BCUT2D eigenvalue weighted by Gasteiger charge is 2.20. The molecule has 0 bridgehead atoms. The van der Waals surface area contributed by atoms with E-state index in [-0.39, 0.29) is 17.7 Å². The van der Waals surface area contributed by atoms with Crippen molar-refractivity contribution in [2.45, 2.75) is 53.5 Å². The van der Waals surface area contributed by atoms with Crippen molar-refractivity contribution in [1.82, 2.24) is 15.3 Å². The van der Waals surface area contributed by atoms with Crippen LogP contribution in [0.4, 0.5) is 5.82 Å². The lowest BCUT2D eigenvalue weighted by atomic mass is 9.96. The molecule has 1 aliphatic heterocycles. The van der Waals surface area contributed by atoms with Gasteiger partial charge >= 0.3 is 0 Å². The van der Waals surface area contributed by atoms with Gasteiger partial charge < -0.3 is 10.6 Å². The van der Waals surface area contributed by atoms with E-state index in [1.165, 1.54) is 6.92 Å². The number of carbonyl (C=O) groups is 2. The molecule has 0 spiro atoms. The lowest BCUT2D eigenvalue weighted by Gasteiger charge is -2.21. The van der Waals surface area contributed by atoms with Gasteiger partial charge in [0.25, 0.3) is 0 Å². The van der Waals surface area contributed by atoms with Gasteiger partial charge in [0.15, 0.2) is 5.78 Å². The van der Waals surface area contributed by atoms with E-state index in [0.29, 0.717) is 12.2 Å². The number of dihydropyridines is 1. The van der Waals surface area contributed by atoms with Gasteiger partial charge in [-0.1, -0.05) is 26.8 Å². The molecule has 148 valence electrons. The first-order valence-electron chi connectivity index (χ1n) is 9.69.